The second kappa shape index (κ2) is 11.0. The van der Waals surface area contributed by atoms with Gasteiger partial charge in [-0.05, 0) is 61.7 Å². The molecule has 0 atom stereocenters. The number of thiophene rings is 1. The molecule has 0 radical (unpaired) electrons. The molecule has 0 aliphatic carbocycles. The van der Waals surface area contributed by atoms with E-state index in [0.29, 0.717) is 21.3 Å². The SMILES string of the molecule is CCOC(=O)c1c(NC(=O)COc2ccc(Br)cc2CC)sc(C)c1-c1ccc(Cl)cc1. The van der Waals surface area contributed by atoms with E-state index in [1.807, 2.05) is 44.2 Å². The zero-order chi connectivity index (χ0) is 23.3. The number of halogens is 2. The number of anilines is 1. The van der Waals surface area contributed by atoms with Crippen molar-refractivity contribution in [1.29, 1.82) is 0 Å². The van der Waals surface area contributed by atoms with Crippen LogP contribution in [-0.4, -0.2) is 25.1 Å². The van der Waals surface area contributed by atoms with E-state index in [-0.39, 0.29) is 19.1 Å². The van der Waals surface area contributed by atoms with Crippen LogP contribution in [0.4, 0.5) is 5.00 Å². The molecule has 168 valence electrons. The Balaban J connectivity index is 1.85. The first kappa shape index (κ1) is 24.3. The minimum Gasteiger partial charge on any atom is -0.483 e. The van der Waals surface area contributed by atoms with Gasteiger partial charge in [0.1, 0.15) is 16.3 Å². The summed E-state index contributed by atoms with van der Waals surface area (Å²) in [6.07, 6.45) is 0.776. The highest BCUT2D eigenvalue weighted by Gasteiger charge is 2.25. The average Bonchev–Trinajstić information content (AvgIpc) is 3.09. The third-order valence-electron chi connectivity index (χ3n) is 4.71. The summed E-state index contributed by atoms with van der Waals surface area (Å²) in [7, 11) is 0. The molecule has 3 aromatic rings. The normalized spacial score (nSPS) is 10.7. The lowest BCUT2D eigenvalue weighted by atomic mass is 10.0. The first-order chi connectivity index (χ1) is 15.3. The molecule has 1 N–H and O–H groups in total. The van der Waals surface area contributed by atoms with Crippen molar-refractivity contribution < 1.29 is 19.1 Å². The third-order valence-corrected chi connectivity index (χ3v) is 6.48. The first-order valence-electron chi connectivity index (χ1n) is 10.1. The molecule has 2 aromatic carbocycles. The monoisotopic (exact) mass is 535 g/mol. The molecule has 0 saturated carbocycles. The number of rotatable bonds is 8. The zero-order valence-electron chi connectivity index (χ0n) is 18.0. The van der Waals surface area contributed by atoms with Gasteiger partial charge in [-0.3, -0.25) is 4.79 Å². The van der Waals surface area contributed by atoms with Crippen molar-refractivity contribution in [2.75, 3.05) is 18.5 Å². The van der Waals surface area contributed by atoms with Gasteiger partial charge in [0, 0.05) is 19.9 Å². The number of hydrogen-bond acceptors (Lipinski definition) is 5. The van der Waals surface area contributed by atoms with Gasteiger partial charge in [-0.25, -0.2) is 4.79 Å². The fourth-order valence-corrected chi connectivity index (χ4v) is 4.88. The molecule has 1 amide bonds. The third kappa shape index (κ3) is 5.71. The summed E-state index contributed by atoms with van der Waals surface area (Å²) >= 11 is 10.8. The van der Waals surface area contributed by atoms with Crippen molar-refractivity contribution in [3.05, 3.63) is 68.0 Å². The van der Waals surface area contributed by atoms with Gasteiger partial charge in [0.2, 0.25) is 0 Å². The van der Waals surface area contributed by atoms with E-state index < -0.39 is 5.97 Å². The average molecular weight is 537 g/mol. The molecule has 0 aliphatic heterocycles. The van der Waals surface area contributed by atoms with Crippen molar-refractivity contribution in [1.82, 2.24) is 0 Å². The van der Waals surface area contributed by atoms with E-state index in [9.17, 15) is 9.59 Å². The first-order valence-corrected chi connectivity index (χ1v) is 12.1. The summed E-state index contributed by atoms with van der Waals surface area (Å²) < 4.78 is 12.0. The number of hydrogen-bond donors (Lipinski definition) is 1. The number of amides is 1. The van der Waals surface area contributed by atoms with Crippen LogP contribution in [-0.2, 0) is 16.0 Å². The quantitative estimate of drug-likeness (QED) is 0.318. The summed E-state index contributed by atoms with van der Waals surface area (Å²) in [5.41, 5.74) is 2.88. The predicted molar refractivity (Wildman–Crippen MR) is 133 cm³/mol. The number of carbonyl (C=O) groups is 2. The van der Waals surface area contributed by atoms with Crippen LogP contribution in [0.2, 0.25) is 5.02 Å². The molecule has 0 aliphatic rings. The van der Waals surface area contributed by atoms with E-state index in [1.54, 1.807) is 19.1 Å². The molecule has 0 bridgehead atoms. The summed E-state index contributed by atoms with van der Waals surface area (Å²) in [6, 6.07) is 12.9. The van der Waals surface area contributed by atoms with E-state index in [0.717, 1.165) is 32.5 Å². The molecule has 5 nitrogen and oxygen atoms in total. The Morgan fingerprint density at radius 3 is 2.50 bits per heavy atom. The lowest BCUT2D eigenvalue weighted by Gasteiger charge is -2.12. The van der Waals surface area contributed by atoms with Crippen LogP contribution in [0.1, 0.15) is 34.6 Å². The molecule has 0 unspecified atom stereocenters. The van der Waals surface area contributed by atoms with Crippen LogP contribution in [0.25, 0.3) is 11.1 Å². The Morgan fingerprint density at radius 2 is 1.84 bits per heavy atom. The summed E-state index contributed by atoms with van der Waals surface area (Å²) in [4.78, 5) is 26.3. The summed E-state index contributed by atoms with van der Waals surface area (Å²) in [6.45, 7) is 5.72. The molecule has 1 aromatic heterocycles. The van der Waals surface area contributed by atoms with E-state index in [1.165, 1.54) is 11.3 Å². The van der Waals surface area contributed by atoms with Crippen LogP contribution < -0.4 is 10.1 Å². The smallest absolute Gasteiger partial charge is 0.341 e. The van der Waals surface area contributed by atoms with Crippen LogP contribution in [0, 0.1) is 6.92 Å². The van der Waals surface area contributed by atoms with E-state index in [4.69, 9.17) is 21.1 Å². The highest BCUT2D eigenvalue weighted by molar-refractivity contribution is 9.10. The van der Waals surface area contributed by atoms with Crippen molar-refractivity contribution in [2.45, 2.75) is 27.2 Å². The fraction of sp³-hybridized carbons (Fsp3) is 0.250. The minimum absolute atomic E-state index is 0.176. The molecule has 1 heterocycles. The van der Waals surface area contributed by atoms with Crippen molar-refractivity contribution in [2.24, 2.45) is 0 Å². The molecular weight excluding hydrogens is 514 g/mol. The number of esters is 1. The van der Waals surface area contributed by atoms with Crippen LogP contribution in [0.15, 0.2) is 46.9 Å². The van der Waals surface area contributed by atoms with Gasteiger partial charge in [-0.15, -0.1) is 11.3 Å². The molecule has 8 heteroatoms. The number of carbonyl (C=O) groups excluding carboxylic acids is 2. The second-order valence-electron chi connectivity index (χ2n) is 6.91. The highest BCUT2D eigenvalue weighted by Crippen LogP contribution is 2.40. The molecule has 0 fully saturated rings. The van der Waals surface area contributed by atoms with Crippen LogP contribution >= 0.6 is 38.9 Å². The van der Waals surface area contributed by atoms with Gasteiger partial charge in [0.15, 0.2) is 6.61 Å². The van der Waals surface area contributed by atoms with Crippen LogP contribution in [0.5, 0.6) is 5.75 Å². The Morgan fingerprint density at radius 1 is 1.12 bits per heavy atom. The molecule has 3 rings (SSSR count). The number of benzene rings is 2. The van der Waals surface area contributed by atoms with Gasteiger partial charge >= 0.3 is 5.97 Å². The molecular formula is C24H23BrClNO4S. The lowest BCUT2D eigenvalue weighted by Crippen LogP contribution is -2.21. The molecule has 32 heavy (non-hydrogen) atoms. The van der Waals surface area contributed by atoms with Crippen molar-refractivity contribution in [3.8, 4) is 16.9 Å². The highest BCUT2D eigenvalue weighted by atomic mass is 79.9. The Labute approximate surface area is 204 Å². The Kier molecular flexibility index (Phi) is 8.34. The lowest BCUT2D eigenvalue weighted by molar-refractivity contribution is -0.118. The Hall–Kier alpha value is -2.35. The van der Waals surface area contributed by atoms with Gasteiger partial charge in [-0.1, -0.05) is 46.6 Å². The standard InChI is InChI=1S/C24H23BrClNO4S/c1-4-15-12-17(25)8-11-19(15)31-13-20(28)27-23-22(24(29)30-5-2)21(14(3)32-23)16-6-9-18(26)10-7-16/h6-12H,4-5,13H2,1-3H3,(H,27,28). The largest absolute Gasteiger partial charge is 0.483 e. The molecule has 0 saturated heterocycles. The predicted octanol–water partition coefficient (Wildman–Crippen LogP) is 6.90. The maximum absolute atomic E-state index is 12.8. The van der Waals surface area contributed by atoms with Gasteiger partial charge in [0.25, 0.3) is 5.91 Å². The van der Waals surface area contributed by atoms with Crippen molar-refractivity contribution >= 4 is 55.7 Å². The topological polar surface area (TPSA) is 64.6 Å². The fourth-order valence-electron chi connectivity index (χ4n) is 3.27. The minimum atomic E-state index is -0.487. The molecule has 0 spiro atoms. The second-order valence-corrected chi connectivity index (χ2v) is 9.48. The maximum atomic E-state index is 12.8. The van der Waals surface area contributed by atoms with Gasteiger partial charge < -0.3 is 14.8 Å². The summed E-state index contributed by atoms with van der Waals surface area (Å²) in [5, 5.41) is 3.87. The number of aryl methyl sites for hydroxylation is 2. The Bertz CT molecular complexity index is 1130. The number of ether oxygens (including phenoxy) is 2. The van der Waals surface area contributed by atoms with Gasteiger partial charge in [0.05, 0.1) is 6.61 Å². The zero-order valence-corrected chi connectivity index (χ0v) is 21.1. The number of nitrogens with one attached hydrogen (secondary N) is 1. The van der Waals surface area contributed by atoms with E-state index >= 15 is 0 Å². The van der Waals surface area contributed by atoms with Crippen molar-refractivity contribution in [3.63, 3.8) is 0 Å². The van der Waals surface area contributed by atoms with Crippen LogP contribution in [0.3, 0.4) is 0 Å². The van der Waals surface area contributed by atoms with Gasteiger partial charge in [-0.2, -0.15) is 0 Å². The maximum Gasteiger partial charge on any atom is 0.341 e. The summed E-state index contributed by atoms with van der Waals surface area (Å²) in [5.74, 6) is -0.190. The van der Waals surface area contributed by atoms with E-state index in [2.05, 4.69) is 21.2 Å².